The molecule has 1 saturated heterocycles. The third-order valence-electron chi connectivity index (χ3n) is 4.81. The summed E-state index contributed by atoms with van der Waals surface area (Å²) in [6, 6.07) is 6.50. The lowest BCUT2D eigenvalue weighted by Gasteiger charge is -2.45. The van der Waals surface area contributed by atoms with Crippen molar-refractivity contribution in [3.05, 3.63) is 57.9 Å². The Bertz CT molecular complexity index is 788. The zero-order valence-electron chi connectivity index (χ0n) is 16.5. The van der Waals surface area contributed by atoms with Gasteiger partial charge in [-0.15, -0.1) is 11.8 Å². The molecule has 0 aliphatic carbocycles. The van der Waals surface area contributed by atoms with Crippen molar-refractivity contribution in [2.45, 2.75) is 38.7 Å². The number of aliphatic carboxylic acids is 1. The van der Waals surface area contributed by atoms with E-state index < -0.39 is 5.97 Å². The number of hydrogen-bond acceptors (Lipinski definition) is 5. The summed E-state index contributed by atoms with van der Waals surface area (Å²) in [7, 11) is 0. The van der Waals surface area contributed by atoms with Crippen LogP contribution in [0.25, 0.3) is 0 Å². The van der Waals surface area contributed by atoms with Crippen molar-refractivity contribution in [1.29, 1.82) is 0 Å². The first-order valence-corrected chi connectivity index (χ1v) is 10.4. The van der Waals surface area contributed by atoms with Crippen LogP contribution < -0.4 is 0 Å². The highest BCUT2D eigenvalue weighted by Gasteiger charge is 2.35. The molecule has 0 amide bonds. The van der Waals surface area contributed by atoms with E-state index in [1.165, 1.54) is 12.1 Å². The van der Waals surface area contributed by atoms with E-state index >= 15 is 0 Å². The Balaban J connectivity index is 2.04. The van der Waals surface area contributed by atoms with Crippen LogP contribution in [0, 0.1) is 5.82 Å². The van der Waals surface area contributed by atoms with Crippen molar-refractivity contribution in [2.75, 3.05) is 26.3 Å². The van der Waals surface area contributed by atoms with Crippen molar-refractivity contribution in [3.8, 4) is 0 Å². The molecule has 5 nitrogen and oxygen atoms in total. The number of halogens is 1. The Morgan fingerprint density at radius 2 is 2.07 bits per heavy atom. The van der Waals surface area contributed by atoms with Gasteiger partial charge in [0.15, 0.2) is 0 Å². The van der Waals surface area contributed by atoms with E-state index in [0.29, 0.717) is 25.3 Å². The van der Waals surface area contributed by atoms with E-state index in [9.17, 15) is 14.3 Å². The number of carbonyl (C=O) groups is 1. The van der Waals surface area contributed by atoms with Crippen LogP contribution in [-0.4, -0.2) is 58.6 Å². The average molecular weight is 407 g/mol. The lowest BCUT2D eigenvalue weighted by Crippen LogP contribution is -2.52. The molecule has 3 rings (SSSR count). The quantitative estimate of drug-likeness (QED) is 0.778. The predicted octanol–water partition coefficient (Wildman–Crippen LogP) is 3.68. The Morgan fingerprint density at radius 1 is 1.36 bits per heavy atom. The van der Waals surface area contributed by atoms with Crippen LogP contribution in [0.5, 0.6) is 0 Å². The summed E-state index contributed by atoms with van der Waals surface area (Å²) < 4.78 is 19.3. The van der Waals surface area contributed by atoms with Crippen LogP contribution in [0.15, 0.2) is 46.5 Å². The molecule has 7 heteroatoms. The van der Waals surface area contributed by atoms with Gasteiger partial charge in [-0.1, -0.05) is 26.0 Å². The summed E-state index contributed by atoms with van der Waals surface area (Å²) in [6.45, 7) is 9.25. The molecule has 1 aromatic rings. The van der Waals surface area contributed by atoms with E-state index in [2.05, 4.69) is 23.6 Å². The van der Waals surface area contributed by atoms with Crippen molar-refractivity contribution < 1.29 is 19.0 Å². The number of benzene rings is 1. The van der Waals surface area contributed by atoms with Crippen LogP contribution in [0.2, 0.25) is 0 Å². The maximum absolute atomic E-state index is 13.8. The molecule has 2 aliphatic heterocycles. The van der Waals surface area contributed by atoms with Gasteiger partial charge >= 0.3 is 5.97 Å². The molecule has 1 aromatic carbocycles. The Hall–Kier alpha value is -1.83. The number of nitrogens with zero attached hydrogens (tertiary/aromatic N) is 2. The molecule has 28 heavy (non-hydrogen) atoms. The molecule has 1 atom stereocenters. The Morgan fingerprint density at radius 3 is 2.68 bits per heavy atom. The second kappa shape index (κ2) is 9.11. The van der Waals surface area contributed by atoms with Crippen molar-refractivity contribution in [1.82, 2.24) is 9.80 Å². The summed E-state index contributed by atoms with van der Waals surface area (Å²) in [5.41, 5.74) is 1.92. The topological polar surface area (TPSA) is 53.0 Å². The number of thioether (sulfide) groups is 1. The summed E-state index contributed by atoms with van der Waals surface area (Å²) in [5, 5.41) is 10.8. The van der Waals surface area contributed by atoms with Gasteiger partial charge in [-0.25, -0.2) is 9.18 Å². The Kier molecular flexibility index (Phi) is 6.80. The third-order valence-corrected chi connectivity index (χ3v) is 5.94. The third kappa shape index (κ3) is 4.77. The number of morpholine rings is 1. The number of ether oxygens (including phenoxy) is 1. The number of carboxylic acids is 1. The molecular weight excluding hydrogens is 379 g/mol. The zero-order chi connectivity index (χ0) is 20.3. The van der Waals surface area contributed by atoms with E-state index in [1.807, 2.05) is 19.1 Å². The summed E-state index contributed by atoms with van der Waals surface area (Å²) in [4.78, 5) is 16.5. The standard InChI is InChI=1S/C21H27FN2O3S/c1-14(2)28-20-19(21(25)26)15(3)11-18(23-7-9-27-10-8-23)24(20)13-16-5-4-6-17(22)12-16/h4-6,11-12,14,18H,7-10,13H2,1-3H3,(H,25,26). The minimum absolute atomic E-state index is 0.0866. The van der Waals surface area contributed by atoms with Crippen LogP contribution >= 0.6 is 11.8 Å². The molecule has 2 heterocycles. The predicted molar refractivity (Wildman–Crippen MR) is 109 cm³/mol. The van der Waals surface area contributed by atoms with Crippen molar-refractivity contribution in [2.24, 2.45) is 0 Å². The van der Waals surface area contributed by atoms with Gasteiger partial charge in [-0.05, 0) is 36.3 Å². The number of rotatable bonds is 6. The number of hydrogen-bond donors (Lipinski definition) is 1. The SMILES string of the molecule is CC1=CC(N2CCOCC2)N(Cc2cccc(F)c2)C(SC(C)C)=C1C(=O)O. The zero-order valence-corrected chi connectivity index (χ0v) is 17.3. The fourth-order valence-electron chi connectivity index (χ4n) is 3.58. The highest BCUT2D eigenvalue weighted by Crippen LogP contribution is 2.38. The second-order valence-electron chi connectivity index (χ2n) is 7.32. The summed E-state index contributed by atoms with van der Waals surface area (Å²) in [6.07, 6.45) is 1.93. The smallest absolute Gasteiger partial charge is 0.338 e. The van der Waals surface area contributed by atoms with Gasteiger partial charge in [0.1, 0.15) is 12.0 Å². The van der Waals surface area contributed by atoms with E-state index in [1.54, 1.807) is 17.8 Å². The van der Waals surface area contributed by atoms with Gasteiger partial charge in [-0.2, -0.15) is 0 Å². The van der Waals surface area contributed by atoms with Crippen LogP contribution in [0.4, 0.5) is 4.39 Å². The van der Waals surface area contributed by atoms with Crippen LogP contribution in [0.1, 0.15) is 26.3 Å². The molecule has 0 aromatic heterocycles. The molecule has 0 radical (unpaired) electrons. The molecule has 152 valence electrons. The Labute approximate surface area is 169 Å². The fraction of sp³-hybridized carbons (Fsp3) is 0.476. The van der Waals surface area contributed by atoms with Gasteiger partial charge in [0, 0.05) is 24.9 Å². The highest BCUT2D eigenvalue weighted by molar-refractivity contribution is 8.03. The van der Waals surface area contributed by atoms with E-state index in [0.717, 1.165) is 29.3 Å². The maximum Gasteiger partial charge on any atom is 0.338 e. The minimum atomic E-state index is -0.929. The normalized spacial score (nSPS) is 21.2. The molecule has 0 saturated carbocycles. The average Bonchev–Trinajstić information content (AvgIpc) is 2.63. The van der Waals surface area contributed by atoms with Gasteiger partial charge in [0.25, 0.3) is 0 Å². The first kappa shape index (κ1) is 20.9. The van der Waals surface area contributed by atoms with E-state index in [4.69, 9.17) is 4.74 Å². The van der Waals surface area contributed by atoms with Crippen LogP contribution in [-0.2, 0) is 16.1 Å². The summed E-state index contributed by atoms with van der Waals surface area (Å²) >= 11 is 1.55. The lowest BCUT2D eigenvalue weighted by atomic mass is 10.0. The maximum atomic E-state index is 13.8. The first-order valence-electron chi connectivity index (χ1n) is 9.52. The molecule has 0 bridgehead atoms. The molecule has 1 fully saturated rings. The fourth-order valence-corrected chi connectivity index (χ4v) is 4.70. The largest absolute Gasteiger partial charge is 0.478 e. The molecule has 1 N–H and O–H groups in total. The number of carboxylic acid groups (broad SMARTS) is 1. The second-order valence-corrected chi connectivity index (χ2v) is 8.89. The van der Waals surface area contributed by atoms with E-state index in [-0.39, 0.29) is 17.2 Å². The van der Waals surface area contributed by atoms with Crippen LogP contribution in [0.3, 0.4) is 0 Å². The molecule has 0 spiro atoms. The minimum Gasteiger partial charge on any atom is -0.478 e. The first-order chi connectivity index (χ1) is 13.4. The lowest BCUT2D eigenvalue weighted by molar-refractivity contribution is -0.132. The molecule has 2 aliphatic rings. The molecular formula is C21H27FN2O3S. The van der Waals surface area contributed by atoms with Gasteiger partial charge in [0.2, 0.25) is 0 Å². The van der Waals surface area contributed by atoms with Gasteiger partial charge in [-0.3, -0.25) is 4.90 Å². The summed E-state index contributed by atoms with van der Waals surface area (Å²) in [5.74, 6) is -1.22. The van der Waals surface area contributed by atoms with Gasteiger partial charge < -0.3 is 14.7 Å². The van der Waals surface area contributed by atoms with Crippen molar-refractivity contribution >= 4 is 17.7 Å². The monoisotopic (exact) mass is 406 g/mol. The molecule has 1 unspecified atom stereocenters. The van der Waals surface area contributed by atoms with Crippen molar-refractivity contribution in [3.63, 3.8) is 0 Å². The van der Waals surface area contributed by atoms with Gasteiger partial charge in [0.05, 0.1) is 23.8 Å². The highest BCUT2D eigenvalue weighted by atomic mass is 32.2.